The molecule has 0 aliphatic carbocycles. The Morgan fingerprint density at radius 1 is 1.28 bits per heavy atom. The van der Waals surface area contributed by atoms with Crippen LogP contribution in [0.2, 0.25) is 0 Å². The third-order valence-electron chi connectivity index (χ3n) is 4.00. The Morgan fingerprint density at radius 3 is 2.76 bits per heavy atom. The molecule has 5 N–H and O–H groups in total. The molecule has 1 atom stereocenters. The zero-order chi connectivity index (χ0) is 18.2. The Balaban J connectivity index is 1.97. The van der Waals surface area contributed by atoms with E-state index in [1.165, 1.54) is 6.20 Å². The molecule has 0 saturated carbocycles. The molecule has 0 bridgehead atoms. The maximum absolute atomic E-state index is 12.4. The lowest BCUT2D eigenvalue weighted by atomic mass is 10.1. The van der Waals surface area contributed by atoms with Gasteiger partial charge in [0.25, 0.3) is 5.91 Å². The van der Waals surface area contributed by atoms with Gasteiger partial charge in [-0.15, -0.1) is 0 Å². The van der Waals surface area contributed by atoms with E-state index in [2.05, 4.69) is 22.5 Å². The maximum atomic E-state index is 12.4. The fourth-order valence-corrected chi connectivity index (χ4v) is 2.57. The zero-order valence-corrected chi connectivity index (χ0v) is 14.3. The summed E-state index contributed by atoms with van der Waals surface area (Å²) in [6, 6.07) is 6.84. The van der Waals surface area contributed by atoms with Crippen LogP contribution < -0.4 is 21.8 Å². The van der Waals surface area contributed by atoms with Crippen LogP contribution in [-0.2, 0) is 4.79 Å². The SMILES string of the molecule is CCCCC(CN)NC(=O)CNC(=O)c1c[nH]c2ccccc2c1=O. The first-order valence-electron chi connectivity index (χ1n) is 8.44. The van der Waals surface area contributed by atoms with E-state index in [4.69, 9.17) is 5.73 Å². The van der Waals surface area contributed by atoms with Gasteiger partial charge in [-0.05, 0) is 18.6 Å². The minimum absolute atomic E-state index is 0.0205. The minimum atomic E-state index is -0.583. The normalized spacial score (nSPS) is 11.9. The number of pyridine rings is 1. The standard InChI is InChI=1S/C18H24N4O3/c1-2-3-6-12(9-19)22-16(23)11-21-18(25)14-10-20-15-8-5-4-7-13(15)17(14)24/h4-5,7-8,10,12H,2-3,6,9,11,19H2,1H3,(H,20,24)(H,21,25)(H,22,23). The predicted octanol–water partition coefficient (Wildman–Crippen LogP) is 0.892. The average molecular weight is 344 g/mol. The first-order chi connectivity index (χ1) is 12.1. The summed E-state index contributed by atoms with van der Waals surface area (Å²) in [4.78, 5) is 39.4. The van der Waals surface area contributed by atoms with E-state index < -0.39 is 5.91 Å². The van der Waals surface area contributed by atoms with Crippen LogP contribution in [0.3, 0.4) is 0 Å². The molecule has 0 radical (unpaired) electrons. The van der Waals surface area contributed by atoms with Crippen molar-refractivity contribution in [2.45, 2.75) is 32.2 Å². The lowest BCUT2D eigenvalue weighted by Gasteiger charge is -2.16. The largest absolute Gasteiger partial charge is 0.360 e. The number of hydrogen-bond donors (Lipinski definition) is 4. The molecule has 1 aromatic heterocycles. The Labute approximate surface area is 146 Å². The lowest BCUT2D eigenvalue weighted by Crippen LogP contribution is -2.45. The van der Waals surface area contributed by atoms with Crippen LogP contribution in [0.25, 0.3) is 10.9 Å². The quantitative estimate of drug-likeness (QED) is 0.569. The monoisotopic (exact) mass is 344 g/mol. The molecule has 0 fully saturated rings. The summed E-state index contributed by atoms with van der Waals surface area (Å²) in [7, 11) is 0. The summed E-state index contributed by atoms with van der Waals surface area (Å²) in [6.45, 7) is 2.22. The number of hydrogen-bond acceptors (Lipinski definition) is 4. The molecule has 1 aromatic carbocycles. The van der Waals surface area contributed by atoms with Gasteiger partial charge in [0.05, 0.1) is 6.54 Å². The van der Waals surface area contributed by atoms with Crippen LogP contribution >= 0.6 is 0 Å². The summed E-state index contributed by atoms with van der Waals surface area (Å²) in [6.07, 6.45) is 4.16. The number of para-hydroxylation sites is 1. The minimum Gasteiger partial charge on any atom is -0.360 e. The highest BCUT2D eigenvalue weighted by molar-refractivity contribution is 5.98. The van der Waals surface area contributed by atoms with Gasteiger partial charge < -0.3 is 21.4 Å². The molecular weight excluding hydrogens is 320 g/mol. The Bertz CT molecular complexity index is 800. The van der Waals surface area contributed by atoms with Crippen molar-refractivity contribution in [3.8, 4) is 0 Å². The van der Waals surface area contributed by atoms with E-state index in [-0.39, 0.29) is 29.5 Å². The Hall–Kier alpha value is -2.67. The number of amides is 2. The number of carbonyl (C=O) groups excluding carboxylic acids is 2. The van der Waals surface area contributed by atoms with E-state index in [0.717, 1.165) is 19.3 Å². The van der Waals surface area contributed by atoms with Gasteiger partial charge in [-0.3, -0.25) is 14.4 Å². The summed E-state index contributed by atoms with van der Waals surface area (Å²) in [5.41, 5.74) is 5.90. The summed E-state index contributed by atoms with van der Waals surface area (Å²) in [5, 5.41) is 5.70. The number of nitrogens with two attached hydrogens (primary N) is 1. The molecule has 7 heteroatoms. The van der Waals surface area contributed by atoms with Crippen molar-refractivity contribution in [1.82, 2.24) is 15.6 Å². The van der Waals surface area contributed by atoms with Crippen molar-refractivity contribution in [3.63, 3.8) is 0 Å². The van der Waals surface area contributed by atoms with Crippen LogP contribution in [0.5, 0.6) is 0 Å². The number of H-pyrrole nitrogens is 1. The van der Waals surface area contributed by atoms with Crippen molar-refractivity contribution < 1.29 is 9.59 Å². The van der Waals surface area contributed by atoms with Crippen LogP contribution in [0.4, 0.5) is 0 Å². The van der Waals surface area contributed by atoms with E-state index in [1.54, 1.807) is 24.3 Å². The molecule has 1 unspecified atom stereocenters. The first kappa shape index (κ1) is 18.7. The number of nitrogens with one attached hydrogen (secondary N) is 3. The van der Waals surface area contributed by atoms with Gasteiger partial charge in [0.1, 0.15) is 5.56 Å². The van der Waals surface area contributed by atoms with Crippen LogP contribution in [-0.4, -0.2) is 35.9 Å². The van der Waals surface area contributed by atoms with E-state index in [9.17, 15) is 14.4 Å². The van der Waals surface area contributed by atoms with Crippen molar-refractivity contribution in [2.24, 2.45) is 5.73 Å². The average Bonchev–Trinajstić information content (AvgIpc) is 2.63. The van der Waals surface area contributed by atoms with Gasteiger partial charge in [0.15, 0.2) is 0 Å². The van der Waals surface area contributed by atoms with Gasteiger partial charge in [0, 0.05) is 29.7 Å². The number of aromatic amines is 1. The molecule has 2 amide bonds. The molecule has 0 aliphatic rings. The molecule has 0 spiro atoms. The number of benzene rings is 1. The van der Waals surface area contributed by atoms with Crippen molar-refractivity contribution in [3.05, 3.63) is 46.2 Å². The van der Waals surface area contributed by atoms with Crippen LogP contribution in [0.1, 0.15) is 36.5 Å². The number of unbranched alkanes of at least 4 members (excludes halogenated alkanes) is 1. The van der Waals surface area contributed by atoms with E-state index in [0.29, 0.717) is 17.4 Å². The van der Waals surface area contributed by atoms with E-state index >= 15 is 0 Å². The second-order valence-corrected chi connectivity index (χ2v) is 5.90. The third kappa shape index (κ3) is 4.90. The summed E-state index contributed by atoms with van der Waals surface area (Å²) in [5.74, 6) is -0.905. The lowest BCUT2D eigenvalue weighted by molar-refractivity contribution is -0.120. The smallest absolute Gasteiger partial charge is 0.257 e. The van der Waals surface area contributed by atoms with Crippen molar-refractivity contribution in [1.29, 1.82) is 0 Å². The van der Waals surface area contributed by atoms with Crippen molar-refractivity contribution >= 4 is 22.7 Å². The molecule has 0 saturated heterocycles. The second kappa shape index (κ2) is 8.98. The molecule has 7 nitrogen and oxygen atoms in total. The van der Waals surface area contributed by atoms with Crippen LogP contribution in [0.15, 0.2) is 35.3 Å². The Morgan fingerprint density at radius 2 is 2.04 bits per heavy atom. The molecule has 2 rings (SSSR count). The molecule has 1 heterocycles. The molecule has 0 aliphatic heterocycles. The van der Waals surface area contributed by atoms with Gasteiger partial charge in [-0.1, -0.05) is 31.9 Å². The van der Waals surface area contributed by atoms with Gasteiger partial charge >= 0.3 is 0 Å². The first-order valence-corrected chi connectivity index (χ1v) is 8.44. The number of carbonyl (C=O) groups is 2. The van der Waals surface area contributed by atoms with Crippen molar-refractivity contribution in [2.75, 3.05) is 13.1 Å². The summed E-state index contributed by atoms with van der Waals surface area (Å²) < 4.78 is 0. The van der Waals surface area contributed by atoms with Gasteiger partial charge in [-0.25, -0.2) is 0 Å². The number of aromatic nitrogens is 1. The fraction of sp³-hybridized carbons (Fsp3) is 0.389. The highest BCUT2D eigenvalue weighted by Crippen LogP contribution is 2.06. The maximum Gasteiger partial charge on any atom is 0.257 e. The fourth-order valence-electron chi connectivity index (χ4n) is 2.57. The molecule has 134 valence electrons. The molecular formula is C18H24N4O3. The highest BCUT2D eigenvalue weighted by Gasteiger charge is 2.15. The molecule has 2 aromatic rings. The van der Waals surface area contributed by atoms with Gasteiger partial charge in [0.2, 0.25) is 11.3 Å². The number of fused-ring (bicyclic) bond motifs is 1. The molecule has 25 heavy (non-hydrogen) atoms. The third-order valence-corrected chi connectivity index (χ3v) is 4.00. The van der Waals surface area contributed by atoms with Gasteiger partial charge in [-0.2, -0.15) is 0 Å². The Kier molecular flexibility index (Phi) is 6.71. The van der Waals surface area contributed by atoms with E-state index in [1.807, 2.05) is 0 Å². The second-order valence-electron chi connectivity index (χ2n) is 5.90. The predicted molar refractivity (Wildman–Crippen MR) is 97.4 cm³/mol. The summed E-state index contributed by atoms with van der Waals surface area (Å²) >= 11 is 0. The number of rotatable bonds is 8. The van der Waals surface area contributed by atoms with Crippen LogP contribution in [0, 0.1) is 0 Å². The zero-order valence-electron chi connectivity index (χ0n) is 14.3. The highest BCUT2D eigenvalue weighted by atomic mass is 16.2. The topological polar surface area (TPSA) is 117 Å².